The Morgan fingerprint density at radius 2 is 1.56 bits per heavy atom. The summed E-state index contributed by atoms with van der Waals surface area (Å²) in [5.74, 6) is -0.522. The van der Waals surface area contributed by atoms with Crippen molar-refractivity contribution >= 4 is 71.4 Å². The zero-order chi connectivity index (χ0) is 44.5. The van der Waals surface area contributed by atoms with Gasteiger partial charge < -0.3 is 36.2 Å². The van der Waals surface area contributed by atoms with Crippen molar-refractivity contribution in [2.24, 2.45) is 10.7 Å². The molecule has 4 aromatic rings. The summed E-state index contributed by atoms with van der Waals surface area (Å²) in [5.41, 5.74) is 9.44. The first kappa shape index (κ1) is 46.0. The maximum absolute atomic E-state index is 14.8. The first-order valence-electron chi connectivity index (χ1n) is 21.3. The van der Waals surface area contributed by atoms with Gasteiger partial charge in [0.05, 0.1) is 13.8 Å². The SMILES string of the molecule is NCCCC[C@H](NC(=O)[C@H](Cc1cc(Br)c(O)c(Br)c1)N=C(NS(=O)(=O)c1ccccc1)N1CCC(N2Cc3ccccc3NC2=O)CC1)C(=O)N1CCC(c2ccncc2)CC1. The number of benzene rings is 3. The van der Waals surface area contributed by atoms with Gasteiger partial charge in [-0.1, -0.05) is 36.4 Å². The van der Waals surface area contributed by atoms with Crippen LogP contribution in [0.2, 0.25) is 0 Å². The molecule has 1 aromatic heterocycles. The van der Waals surface area contributed by atoms with Crippen molar-refractivity contribution in [2.75, 3.05) is 38.0 Å². The lowest BCUT2D eigenvalue weighted by atomic mass is 9.89. The molecule has 0 spiro atoms. The van der Waals surface area contributed by atoms with Crippen molar-refractivity contribution < 1.29 is 27.9 Å². The number of aromatic hydroxyl groups is 1. The minimum Gasteiger partial charge on any atom is -0.506 e. The number of anilines is 1. The normalized spacial score (nSPS) is 17.4. The van der Waals surface area contributed by atoms with Crippen LogP contribution < -0.4 is 21.1 Å². The molecule has 15 nitrogen and oxygen atoms in total. The quantitative estimate of drug-likeness (QED) is 0.0563. The largest absolute Gasteiger partial charge is 0.506 e. The second-order valence-corrected chi connectivity index (χ2v) is 19.5. The van der Waals surface area contributed by atoms with Crippen molar-refractivity contribution in [3.8, 4) is 5.75 Å². The monoisotopic (exact) mass is 1010 g/mol. The van der Waals surface area contributed by atoms with E-state index in [4.69, 9.17) is 10.7 Å². The van der Waals surface area contributed by atoms with E-state index in [9.17, 15) is 27.9 Å². The van der Waals surface area contributed by atoms with E-state index in [-0.39, 0.29) is 41.0 Å². The van der Waals surface area contributed by atoms with Gasteiger partial charge in [0.2, 0.25) is 17.8 Å². The summed E-state index contributed by atoms with van der Waals surface area (Å²) in [5, 5.41) is 16.6. The summed E-state index contributed by atoms with van der Waals surface area (Å²) in [7, 11) is -4.19. The smallest absolute Gasteiger partial charge is 0.322 e. The van der Waals surface area contributed by atoms with Gasteiger partial charge in [-0.05, 0) is 148 Å². The number of fused-ring (bicyclic) bond motifs is 1. The van der Waals surface area contributed by atoms with Crippen LogP contribution in [0.15, 0.2) is 110 Å². The number of hydrogen-bond acceptors (Lipinski definition) is 9. The van der Waals surface area contributed by atoms with Crippen molar-refractivity contribution in [2.45, 2.75) is 86.9 Å². The van der Waals surface area contributed by atoms with Crippen LogP contribution in [0.5, 0.6) is 5.75 Å². The summed E-state index contributed by atoms with van der Waals surface area (Å²) >= 11 is 6.80. The Morgan fingerprint density at radius 3 is 2.24 bits per heavy atom. The second-order valence-electron chi connectivity index (χ2n) is 16.2. The highest BCUT2D eigenvalue weighted by atomic mass is 79.9. The highest BCUT2D eigenvalue weighted by molar-refractivity contribution is 9.11. The number of halogens is 2. The molecule has 2 atom stereocenters. The average molecular weight is 1010 g/mol. The number of aromatic nitrogens is 1. The van der Waals surface area contributed by atoms with Crippen molar-refractivity contribution in [3.05, 3.63) is 117 Å². The zero-order valence-corrected chi connectivity index (χ0v) is 38.8. The summed E-state index contributed by atoms with van der Waals surface area (Å²) < 4.78 is 31.5. The van der Waals surface area contributed by atoms with Crippen LogP contribution in [0.25, 0.3) is 0 Å². The number of nitrogens with one attached hydrogen (secondary N) is 3. The molecule has 3 aliphatic rings. The number of phenolic OH excluding ortho intramolecular Hbond substituents is 1. The summed E-state index contributed by atoms with van der Waals surface area (Å²) in [4.78, 5) is 56.8. The van der Waals surface area contributed by atoms with Crippen molar-refractivity contribution in [1.29, 1.82) is 0 Å². The van der Waals surface area contributed by atoms with Gasteiger partial charge in [-0.15, -0.1) is 0 Å². The molecule has 3 aromatic carbocycles. The Hall–Kier alpha value is -5.04. The van der Waals surface area contributed by atoms with Gasteiger partial charge in [0.25, 0.3) is 10.0 Å². The molecular formula is C45H53Br2N9O6S. The number of amides is 4. The molecule has 0 radical (unpaired) electrons. The maximum atomic E-state index is 14.8. The molecule has 63 heavy (non-hydrogen) atoms. The molecule has 6 N–H and O–H groups in total. The summed E-state index contributed by atoms with van der Waals surface area (Å²) in [6, 6.07) is 20.5. The number of unbranched alkanes of at least 4 members (excludes halogenated alkanes) is 1. The topological polar surface area (TPSA) is 203 Å². The number of sulfonamides is 1. The number of aliphatic imine (C=N–C) groups is 1. The van der Waals surface area contributed by atoms with Gasteiger partial charge in [0, 0.05) is 63.3 Å². The molecule has 0 bridgehead atoms. The lowest BCUT2D eigenvalue weighted by Crippen LogP contribution is -2.55. The molecule has 3 aliphatic heterocycles. The van der Waals surface area contributed by atoms with Gasteiger partial charge in [0.15, 0.2) is 0 Å². The number of pyridine rings is 1. The Balaban J connectivity index is 1.18. The number of para-hydroxylation sites is 1. The first-order valence-corrected chi connectivity index (χ1v) is 24.4. The summed E-state index contributed by atoms with van der Waals surface area (Å²) in [6.45, 7) is 2.58. The second kappa shape index (κ2) is 21.1. The number of guanidine groups is 1. The lowest BCUT2D eigenvalue weighted by Gasteiger charge is -2.41. The van der Waals surface area contributed by atoms with E-state index < -0.39 is 28.0 Å². The maximum Gasteiger partial charge on any atom is 0.322 e. The van der Waals surface area contributed by atoms with Crippen LogP contribution in [0.4, 0.5) is 10.5 Å². The molecule has 0 unspecified atom stereocenters. The molecule has 2 saturated heterocycles. The average Bonchev–Trinajstić information content (AvgIpc) is 3.30. The highest BCUT2D eigenvalue weighted by Gasteiger charge is 2.36. The molecular weight excluding hydrogens is 954 g/mol. The number of phenols is 1. The number of carbonyl (C=O) groups excluding carboxylic acids is 3. The van der Waals surface area contributed by atoms with Crippen LogP contribution in [0.1, 0.15) is 67.6 Å². The van der Waals surface area contributed by atoms with Crippen molar-refractivity contribution in [3.63, 3.8) is 0 Å². The minimum atomic E-state index is -4.19. The molecule has 0 aliphatic carbocycles. The Labute approximate surface area is 385 Å². The molecule has 7 rings (SSSR count). The van der Waals surface area contributed by atoms with Gasteiger partial charge in [-0.3, -0.25) is 14.6 Å². The standard InChI is InChI=1S/C45H53Br2N9O6S/c46-36-26-30(27-37(47)41(36)57)28-40(42(58)50-39(12-6-7-19-48)43(59)54-22-15-32(16-23-54)31-13-20-49-21-14-31)51-44(53-63(61,62)35-9-2-1-3-10-35)55-24-17-34(18-25-55)56-29-33-8-4-5-11-38(33)52-45(56)60/h1-5,8-11,13-14,20-21,26-27,32,34,39-40,57H,6-7,12,15-19,22-25,28-29,48H2,(H,50,58)(H,51,53)(H,52,60)/t39-,40-/m0/s1. The molecule has 334 valence electrons. The molecule has 0 saturated carbocycles. The lowest BCUT2D eigenvalue weighted by molar-refractivity contribution is -0.137. The van der Waals surface area contributed by atoms with Gasteiger partial charge in [-0.25, -0.2) is 22.9 Å². The predicted octanol–water partition coefficient (Wildman–Crippen LogP) is 6.09. The first-order chi connectivity index (χ1) is 30.4. The Bertz CT molecular complexity index is 2360. The number of likely N-dealkylation sites (tertiary alicyclic amines) is 2. The molecule has 4 heterocycles. The third-order valence-electron chi connectivity index (χ3n) is 12.0. The van der Waals surface area contributed by atoms with Crippen LogP contribution in [0.3, 0.4) is 0 Å². The van der Waals surface area contributed by atoms with Crippen LogP contribution in [-0.4, -0.2) is 108 Å². The van der Waals surface area contributed by atoms with E-state index in [1.54, 1.807) is 47.6 Å². The number of nitrogens with zero attached hydrogens (tertiary/aromatic N) is 5. The predicted molar refractivity (Wildman–Crippen MR) is 248 cm³/mol. The summed E-state index contributed by atoms with van der Waals surface area (Å²) in [6.07, 6.45) is 7.72. The van der Waals surface area contributed by atoms with E-state index in [1.807, 2.05) is 46.2 Å². The van der Waals surface area contributed by atoms with Gasteiger partial charge >= 0.3 is 6.03 Å². The third kappa shape index (κ3) is 11.6. The van der Waals surface area contributed by atoms with E-state index in [0.29, 0.717) is 91.8 Å². The van der Waals surface area contributed by atoms with Crippen molar-refractivity contribution in [1.82, 2.24) is 29.7 Å². The van der Waals surface area contributed by atoms with E-state index >= 15 is 0 Å². The van der Waals surface area contributed by atoms with E-state index in [2.05, 4.69) is 52.2 Å². The van der Waals surface area contributed by atoms with Crippen LogP contribution >= 0.6 is 31.9 Å². The minimum absolute atomic E-state index is 0.00919. The van der Waals surface area contributed by atoms with E-state index in [0.717, 1.165) is 24.1 Å². The number of carbonyl (C=O) groups is 3. The molecule has 4 amide bonds. The number of piperidine rings is 2. The Kier molecular flexibility index (Phi) is 15.4. The molecule has 18 heteroatoms. The number of urea groups is 1. The number of hydrogen-bond donors (Lipinski definition) is 5. The van der Waals surface area contributed by atoms with Gasteiger partial charge in [-0.2, -0.15) is 0 Å². The van der Waals surface area contributed by atoms with Crippen LogP contribution in [0, 0.1) is 0 Å². The fourth-order valence-corrected chi connectivity index (χ4v) is 10.8. The van der Waals surface area contributed by atoms with E-state index in [1.165, 1.54) is 17.7 Å². The van der Waals surface area contributed by atoms with Crippen LogP contribution in [-0.2, 0) is 32.6 Å². The third-order valence-corrected chi connectivity index (χ3v) is 14.5. The fraction of sp³-hybridized carbons (Fsp3) is 0.400. The van der Waals surface area contributed by atoms with Gasteiger partial charge in [0.1, 0.15) is 17.8 Å². The zero-order valence-electron chi connectivity index (χ0n) is 34.8. The number of rotatable bonds is 14. The highest BCUT2D eigenvalue weighted by Crippen LogP contribution is 2.34. The Morgan fingerprint density at radius 1 is 0.905 bits per heavy atom. The number of nitrogens with two attached hydrogens (primary N) is 1. The molecule has 2 fully saturated rings. The fourth-order valence-electron chi connectivity index (χ4n) is 8.47.